The van der Waals surface area contributed by atoms with E-state index in [9.17, 15) is 0 Å². The summed E-state index contributed by atoms with van der Waals surface area (Å²) in [6.07, 6.45) is 1.54. The Morgan fingerprint density at radius 1 is 1.46 bits per heavy atom. The third-order valence-corrected chi connectivity index (χ3v) is 2.05. The van der Waals surface area contributed by atoms with Gasteiger partial charge in [0.25, 0.3) is 0 Å². The van der Waals surface area contributed by atoms with Gasteiger partial charge in [-0.25, -0.2) is 4.98 Å². The molecule has 0 saturated carbocycles. The molecule has 4 nitrogen and oxygen atoms in total. The minimum atomic E-state index is -0.412. The summed E-state index contributed by atoms with van der Waals surface area (Å²) in [5.41, 5.74) is 6.72. The van der Waals surface area contributed by atoms with Gasteiger partial charge in [0.05, 0.1) is 17.6 Å². The Bertz CT molecular complexity index is 310. The van der Waals surface area contributed by atoms with Crippen LogP contribution in [0.1, 0.15) is 25.2 Å². The summed E-state index contributed by atoms with van der Waals surface area (Å²) in [7, 11) is 1.65. The Morgan fingerprint density at radius 2 is 2.08 bits per heavy atom. The molecule has 0 aliphatic rings. The van der Waals surface area contributed by atoms with Crippen molar-refractivity contribution in [2.75, 3.05) is 12.8 Å². The number of anilines is 1. The van der Waals surface area contributed by atoms with E-state index in [0.29, 0.717) is 5.82 Å². The first kappa shape index (κ1) is 9.92. The highest BCUT2D eigenvalue weighted by Gasteiger charge is 2.23. The lowest BCUT2D eigenvalue weighted by Gasteiger charge is -2.23. The summed E-state index contributed by atoms with van der Waals surface area (Å²) < 4.78 is 5.30. The number of hydrogen-bond donors (Lipinski definition) is 1. The maximum Gasteiger partial charge on any atom is 0.142 e. The van der Waals surface area contributed by atoms with Crippen LogP contribution in [0.4, 0.5) is 5.82 Å². The van der Waals surface area contributed by atoms with Crippen molar-refractivity contribution in [2.24, 2.45) is 0 Å². The third kappa shape index (κ3) is 1.95. The monoisotopic (exact) mass is 181 g/mol. The molecule has 2 N–H and O–H groups in total. The quantitative estimate of drug-likeness (QED) is 0.745. The van der Waals surface area contributed by atoms with Crippen LogP contribution < -0.4 is 5.73 Å². The number of nitrogens with zero attached hydrogens (tertiary/aromatic N) is 2. The minimum Gasteiger partial charge on any atom is -0.382 e. The number of hydrogen-bond acceptors (Lipinski definition) is 4. The van der Waals surface area contributed by atoms with Crippen molar-refractivity contribution in [2.45, 2.75) is 26.4 Å². The molecular formula is C9H15N3O. The van der Waals surface area contributed by atoms with Gasteiger partial charge in [0.2, 0.25) is 0 Å². The van der Waals surface area contributed by atoms with E-state index in [1.165, 1.54) is 0 Å². The second-order valence-corrected chi connectivity index (χ2v) is 3.44. The van der Waals surface area contributed by atoms with Crippen molar-refractivity contribution in [1.29, 1.82) is 0 Å². The molecule has 0 atom stereocenters. The molecular weight excluding hydrogens is 166 g/mol. The average Bonchev–Trinajstić information content (AvgIpc) is 2.03. The van der Waals surface area contributed by atoms with Crippen molar-refractivity contribution < 1.29 is 4.74 Å². The molecule has 1 aromatic heterocycles. The molecule has 13 heavy (non-hydrogen) atoms. The summed E-state index contributed by atoms with van der Waals surface area (Å²) >= 11 is 0. The molecule has 72 valence electrons. The van der Waals surface area contributed by atoms with E-state index in [1.54, 1.807) is 13.3 Å². The molecule has 1 aromatic rings. The lowest BCUT2D eigenvalue weighted by Crippen LogP contribution is -2.23. The van der Waals surface area contributed by atoms with Gasteiger partial charge in [-0.2, -0.15) is 0 Å². The molecule has 0 saturated heterocycles. The normalized spacial score (nSPS) is 11.7. The van der Waals surface area contributed by atoms with Gasteiger partial charge in [0, 0.05) is 7.11 Å². The van der Waals surface area contributed by atoms with Crippen molar-refractivity contribution in [3.8, 4) is 0 Å². The van der Waals surface area contributed by atoms with Crippen LogP contribution in [0.2, 0.25) is 0 Å². The van der Waals surface area contributed by atoms with Gasteiger partial charge in [0.15, 0.2) is 0 Å². The van der Waals surface area contributed by atoms with Gasteiger partial charge in [-0.3, -0.25) is 4.98 Å². The number of methoxy groups -OCH3 is 1. The second-order valence-electron chi connectivity index (χ2n) is 3.44. The van der Waals surface area contributed by atoms with E-state index in [1.807, 2.05) is 20.8 Å². The van der Waals surface area contributed by atoms with Gasteiger partial charge in [-0.05, 0) is 20.8 Å². The Morgan fingerprint density at radius 3 is 2.54 bits per heavy atom. The first-order chi connectivity index (χ1) is 5.97. The topological polar surface area (TPSA) is 61.0 Å². The largest absolute Gasteiger partial charge is 0.382 e. The van der Waals surface area contributed by atoms with Gasteiger partial charge in [-0.15, -0.1) is 0 Å². The molecule has 4 heteroatoms. The van der Waals surface area contributed by atoms with E-state index in [-0.39, 0.29) is 0 Å². The number of rotatable bonds is 2. The second kappa shape index (κ2) is 3.30. The Labute approximate surface area is 78.1 Å². The highest BCUT2D eigenvalue weighted by atomic mass is 16.5. The van der Waals surface area contributed by atoms with Crippen LogP contribution >= 0.6 is 0 Å². The van der Waals surface area contributed by atoms with Crippen LogP contribution in [-0.4, -0.2) is 17.1 Å². The fourth-order valence-electron chi connectivity index (χ4n) is 1.19. The lowest BCUT2D eigenvalue weighted by atomic mass is 10.0. The molecule has 0 radical (unpaired) electrons. The fourth-order valence-corrected chi connectivity index (χ4v) is 1.19. The van der Waals surface area contributed by atoms with E-state index >= 15 is 0 Å². The van der Waals surface area contributed by atoms with Gasteiger partial charge < -0.3 is 10.5 Å². The molecule has 0 unspecified atom stereocenters. The zero-order valence-corrected chi connectivity index (χ0v) is 8.46. The van der Waals surface area contributed by atoms with Crippen LogP contribution in [0.15, 0.2) is 6.20 Å². The first-order valence-electron chi connectivity index (χ1n) is 4.12. The number of ether oxygens (including phenoxy) is 1. The molecule has 0 aliphatic carbocycles. The van der Waals surface area contributed by atoms with Crippen LogP contribution in [0.25, 0.3) is 0 Å². The molecule has 0 aromatic carbocycles. The van der Waals surface area contributed by atoms with Crippen LogP contribution in [0.5, 0.6) is 0 Å². The molecule has 0 amide bonds. The summed E-state index contributed by atoms with van der Waals surface area (Å²) in [4.78, 5) is 8.33. The van der Waals surface area contributed by atoms with Crippen molar-refractivity contribution in [1.82, 2.24) is 9.97 Å². The summed E-state index contributed by atoms with van der Waals surface area (Å²) in [6.45, 7) is 5.76. The Balaban J connectivity index is 3.16. The minimum absolute atomic E-state index is 0.412. The van der Waals surface area contributed by atoms with Gasteiger partial charge in [-0.1, -0.05) is 0 Å². The highest BCUT2D eigenvalue weighted by Crippen LogP contribution is 2.23. The van der Waals surface area contributed by atoms with E-state index < -0.39 is 5.60 Å². The van der Waals surface area contributed by atoms with Crippen LogP contribution in [0.3, 0.4) is 0 Å². The van der Waals surface area contributed by atoms with Gasteiger partial charge >= 0.3 is 0 Å². The maximum atomic E-state index is 5.50. The van der Waals surface area contributed by atoms with Crippen molar-refractivity contribution >= 4 is 5.82 Å². The van der Waals surface area contributed by atoms with Crippen molar-refractivity contribution in [3.05, 3.63) is 17.6 Å². The van der Waals surface area contributed by atoms with Crippen LogP contribution in [-0.2, 0) is 10.3 Å². The third-order valence-electron chi connectivity index (χ3n) is 2.05. The number of aromatic nitrogens is 2. The summed E-state index contributed by atoms with van der Waals surface area (Å²) in [6, 6.07) is 0. The smallest absolute Gasteiger partial charge is 0.142 e. The predicted octanol–water partition coefficient (Wildman–Crippen LogP) is 1.25. The number of nitrogen functional groups attached to an aromatic ring is 1. The zero-order valence-electron chi connectivity index (χ0n) is 8.46. The molecule has 1 rings (SSSR count). The molecule has 0 spiro atoms. The highest BCUT2D eigenvalue weighted by molar-refractivity contribution is 5.29. The van der Waals surface area contributed by atoms with Crippen molar-refractivity contribution in [3.63, 3.8) is 0 Å². The Hall–Kier alpha value is -1.16. The molecule has 0 bridgehead atoms. The van der Waals surface area contributed by atoms with E-state index in [2.05, 4.69) is 9.97 Å². The standard InChI is InChI=1S/C9H15N3O/c1-6-8(9(2,3)13-4)11-5-7(10)12-6/h5H,1-4H3,(H2,10,12). The molecule has 0 aliphatic heterocycles. The Kier molecular flexibility index (Phi) is 2.52. The number of aryl methyl sites for hydroxylation is 1. The summed E-state index contributed by atoms with van der Waals surface area (Å²) in [5.74, 6) is 0.438. The van der Waals surface area contributed by atoms with E-state index in [4.69, 9.17) is 10.5 Å². The lowest BCUT2D eigenvalue weighted by molar-refractivity contribution is 0.0146. The SMILES string of the molecule is COC(C)(C)c1ncc(N)nc1C. The average molecular weight is 181 g/mol. The molecule has 0 fully saturated rings. The van der Waals surface area contributed by atoms with E-state index in [0.717, 1.165) is 11.4 Å². The first-order valence-corrected chi connectivity index (χ1v) is 4.12. The zero-order chi connectivity index (χ0) is 10.1. The number of nitrogens with two attached hydrogens (primary N) is 1. The van der Waals surface area contributed by atoms with Crippen LogP contribution in [0, 0.1) is 6.92 Å². The molecule has 1 heterocycles. The predicted molar refractivity (Wildman–Crippen MR) is 51.2 cm³/mol. The maximum absolute atomic E-state index is 5.50. The van der Waals surface area contributed by atoms with Gasteiger partial charge in [0.1, 0.15) is 11.4 Å². The fraction of sp³-hybridized carbons (Fsp3) is 0.556. The summed E-state index contributed by atoms with van der Waals surface area (Å²) in [5, 5.41) is 0.